The molecule has 0 saturated carbocycles. The average molecular weight is 354 g/mol. The first-order valence-corrected chi connectivity index (χ1v) is 7.86. The minimum absolute atomic E-state index is 0.406. The smallest absolute Gasteiger partial charge is 0.470 e. The van der Waals surface area contributed by atoms with Crippen LogP contribution in [0.15, 0.2) is 0 Å². The Morgan fingerprint density at radius 3 is 1.71 bits per heavy atom. The summed E-state index contributed by atoms with van der Waals surface area (Å²) in [6.07, 6.45) is -10.8. The number of carboxylic acids is 1. The van der Waals surface area contributed by atoms with Gasteiger partial charge in [-0.05, 0) is 0 Å². The van der Waals surface area contributed by atoms with Gasteiger partial charge < -0.3 is 39.7 Å². The third kappa shape index (κ3) is 7.74. The highest BCUT2D eigenvalue weighted by molar-refractivity contribution is 7.46. The van der Waals surface area contributed by atoms with Crippen molar-refractivity contribution in [1.82, 2.24) is 0 Å². The fourth-order valence-corrected chi connectivity index (χ4v) is 2.17. The summed E-state index contributed by atoms with van der Waals surface area (Å²) in [5.41, 5.74) is 0. The van der Waals surface area contributed by atoms with Gasteiger partial charge in [-0.15, -0.1) is 0 Å². The van der Waals surface area contributed by atoms with Crippen LogP contribution in [-0.4, -0.2) is 71.6 Å². The molecule has 15 heteroatoms. The van der Waals surface area contributed by atoms with Crippen molar-refractivity contribution in [3.63, 3.8) is 0 Å². The minimum atomic E-state index is -5.43. The molecule has 0 amide bonds. The summed E-state index contributed by atoms with van der Waals surface area (Å²) >= 11 is 0. The van der Waals surface area contributed by atoms with Gasteiger partial charge in [0.05, 0.1) is 0 Å². The second kappa shape index (κ2) is 7.51. The van der Waals surface area contributed by atoms with E-state index < -0.39 is 52.3 Å². The van der Waals surface area contributed by atoms with Gasteiger partial charge in [0.25, 0.3) is 0 Å². The Morgan fingerprint density at radius 2 is 1.43 bits per heavy atom. The lowest BCUT2D eigenvalue weighted by Crippen LogP contribution is -2.49. The van der Waals surface area contributed by atoms with Crippen molar-refractivity contribution in [2.45, 2.75) is 24.4 Å². The van der Waals surface area contributed by atoms with Crippen LogP contribution in [0.3, 0.4) is 0 Å². The second-order valence-electron chi connectivity index (χ2n) is 3.53. The molecule has 0 aromatic rings. The van der Waals surface area contributed by atoms with Crippen molar-refractivity contribution < 1.29 is 62.7 Å². The number of aliphatic hydroxyl groups excluding tert-OH is 2. The zero-order valence-corrected chi connectivity index (χ0v) is 11.7. The average Bonchev–Trinajstić information content (AvgIpc) is 2.29. The van der Waals surface area contributed by atoms with E-state index in [2.05, 4.69) is 9.05 Å². The number of aldehydes is 1. The summed E-state index contributed by atoms with van der Waals surface area (Å²) in [6.45, 7) is 0. The topological polar surface area (TPSA) is 228 Å². The van der Waals surface area contributed by atoms with E-state index in [9.17, 15) is 23.8 Å². The molecule has 0 unspecified atom stereocenters. The molecule has 0 bridgehead atoms. The van der Waals surface area contributed by atoms with Crippen LogP contribution in [0.2, 0.25) is 0 Å². The van der Waals surface area contributed by atoms with Crippen molar-refractivity contribution in [2.24, 2.45) is 0 Å². The molecule has 0 aromatic heterocycles. The number of hydrogen-bond donors (Lipinski definition) is 7. The molecule has 124 valence electrons. The van der Waals surface area contributed by atoms with E-state index in [1.807, 2.05) is 0 Å². The molecule has 0 radical (unpaired) electrons. The van der Waals surface area contributed by atoms with E-state index in [-0.39, 0.29) is 0 Å². The van der Waals surface area contributed by atoms with Crippen LogP contribution < -0.4 is 0 Å². The Morgan fingerprint density at radius 1 is 1.00 bits per heavy atom. The van der Waals surface area contributed by atoms with Crippen molar-refractivity contribution in [3.8, 4) is 0 Å². The first-order chi connectivity index (χ1) is 9.28. The van der Waals surface area contributed by atoms with Gasteiger partial charge >= 0.3 is 21.6 Å². The molecule has 0 aliphatic rings. The first-order valence-electron chi connectivity index (χ1n) is 4.80. The molecule has 21 heavy (non-hydrogen) atoms. The Kier molecular flexibility index (Phi) is 7.26. The van der Waals surface area contributed by atoms with Gasteiger partial charge in [-0.25, -0.2) is 13.9 Å². The molecule has 0 aliphatic carbocycles. The Bertz CT molecular complexity index is 463. The van der Waals surface area contributed by atoms with Crippen LogP contribution >= 0.6 is 15.6 Å². The van der Waals surface area contributed by atoms with Crippen LogP contribution in [0.4, 0.5) is 0 Å². The lowest BCUT2D eigenvalue weighted by atomic mass is 10.0. The fourth-order valence-electron chi connectivity index (χ4n) is 1.12. The number of aliphatic carboxylic acids is 1. The molecule has 0 saturated heterocycles. The number of phosphoric ester groups is 2. The number of carbonyl (C=O) groups is 2. The number of carbonyl (C=O) groups excluding carboxylic acids is 1. The highest BCUT2D eigenvalue weighted by Gasteiger charge is 2.43. The van der Waals surface area contributed by atoms with E-state index in [1.165, 1.54) is 0 Å². The SMILES string of the molecule is O=C[C@H](OP(=O)(O)O)[C@@H](OP(=O)(O)O)[C@H](O)[C@H](O)C(=O)O. The zero-order valence-electron chi connectivity index (χ0n) is 9.86. The molecular weight excluding hydrogens is 342 g/mol. The molecule has 7 N–H and O–H groups in total. The Labute approximate surface area is 116 Å². The van der Waals surface area contributed by atoms with E-state index in [4.69, 9.17) is 29.8 Å². The molecule has 0 heterocycles. The maximum Gasteiger partial charge on any atom is 0.470 e. The number of aliphatic hydroxyl groups is 2. The highest BCUT2D eigenvalue weighted by Crippen LogP contribution is 2.43. The molecule has 4 atom stereocenters. The molecule has 0 spiro atoms. The third-order valence-electron chi connectivity index (χ3n) is 1.89. The maximum absolute atomic E-state index is 10.7. The van der Waals surface area contributed by atoms with E-state index in [0.29, 0.717) is 0 Å². The Balaban J connectivity index is 5.47. The summed E-state index contributed by atoms with van der Waals surface area (Å²) in [6, 6.07) is 0. The standard InChI is InChI=1S/C6H12O13P2/c7-1-2(18-20(12,13)14)5(19-21(15,16)17)3(8)4(9)6(10)11/h1-5,8-9H,(H,10,11)(H2,12,13,14)(H2,15,16,17)/t2-,3+,4-,5+/m0/s1. The van der Waals surface area contributed by atoms with Gasteiger partial charge in [-0.2, -0.15) is 0 Å². The van der Waals surface area contributed by atoms with Crippen LogP contribution in [0, 0.1) is 0 Å². The molecular formula is C6H12O13P2. The van der Waals surface area contributed by atoms with E-state index in [0.717, 1.165) is 0 Å². The van der Waals surface area contributed by atoms with Crippen LogP contribution in [0.1, 0.15) is 0 Å². The summed E-state index contributed by atoms with van der Waals surface area (Å²) < 4.78 is 29.0. The lowest BCUT2D eigenvalue weighted by Gasteiger charge is -2.28. The second-order valence-corrected chi connectivity index (χ2v) is 5.91. The summed E-state index contributed by atoms with van der Waals surface area (Å²) in [4.78, 5) is 55.3. The fraction of sp³-hybridized carbons (Fsp3) is 0.667. The first kappa shape index (κ1) is 20.3. The number of rotatable bonds is 9. The van der Waals surface area contributed by atoms with Crippen molar-refractivity contribution in [1.29, 1.82) is 0 Å². The van der Waals surface area contributed by atoms with Crippen molar-refractivity contribution >= 4 is 27.9 Å². The summed E-state index contributed by atoms with van der Waals surface area (Å²) in [5.74, 6) is -2.05. The molecule has 0 aromatic carbocycles. The van der Waals surface area contributed by atoms with Gasteiger partial charge in [0.1, 0.15) is 12.2 Å². The van der Waals surface area contributed by atoms with Gasteiger partial charge in [0, 0.05) is 0 Å². The van der Waals surface area contributed by atoms with Gasteiger partial charge in [0.15, 0.2) is 18.5 Å². The van der Waals surface area contributed by atoms with Gasteiger partial charge in [0.2, 0.25) is 0 Å². The van der Waals surface area contributed by atoms with E-state index in [1.54, 1.807) is 0 Å². The number of carboxylic acid groups (broad SMARTS) is 1. The third-order valence-corrected chi connectivity index (χ3v) is 2.93. The predicted octanol–water partition coefficient (Wildman–Crippen LogP) is -3.05. The van der Waals surface area contributed by atoms with E-state index >= 15 is 0 Å². The molecule has 0 fully saturated rings. The summed E-state index contributed by atoms with van der Waals surface area (Å²) in [7, 11) is -10.8. The Hall–Kier alpha value is -0.720. The number of phosphoric acid groups is 2. The van der Waals surface area contributed by atoms with Gasteiger partial charge in [-0.3, -0.25) is 9.05 Å². The zero-order chi connectivity index (χ0) is 17.0. The highest BCUT2D eigenvalue weighted by atomic mass is 31.2. The predicted molar refractivity (Wildman–Crippen MR) is 59.5 cm³/mol. The largest absolute Gasteiger partial charge is 0.479 e. The maximum atomic E-state index is 10.7. The molecule has 0 aliphatic heterocycles. The normalized spacial score (nSPS) is 18.6. The molecule has 0 rings (SSSR count). The van der Waals surface area contributed by atoms with Crippen LogP contribution in [0.25, 0.3) is 0 Å². The van der Waals surface area contributed by atoms with Crippen LogP contribution in [-0.2, 0) is 27.8 Å². The van der Waals surface area contributed by atoms with Crippen LogP contribution in [0.5, 0.6) is 0 Å². The lowest BCUT2D eigenvalue weighted by molar-refractivity contribution is -0.162. The van der Waals surface area contributed by atoms with Crippen molar-refractivity contribution in [2.75, 3.05) is 0 Å². The molecule has 13 nitrogen and oxygen atoms in total. The minimum Gasteiger partial charge on any atom is -0.479 e. The van der Waals surface area contributed by atoms with Gasteiger partial charge in [-0.1, -0.05) is 0 Å². The van der Waals surface area contributed by atoms with Crippen molar-refractivity contribution in [3.05, 3.63) is 0 Å². The summed E-state index contributed by atoms with van der Waals surface area (Å²) in [5, 5.41) is 26.9. The monoisotopic (exact) mass is 354 g/mol. The number of hydrogen-bond acceptors (Lipinski definition) is 8. The quantitative estimate of drug-likeness (QED) is 0.161.